The van der Waals surface area contributed by atoms with E-state index in [1.54, 1.807) is 32.4 Å². The Kier molecular flexibility index (Phi) is 3.95. The Morgan fingerprint density at radius 1 is 1.00 bits per heavy atom. The first-order chi connectivity index (χ1) is 9.48. The van der Waals surface area contributed by atoms with Gasteiger partial charge >= 0.3 is 0 Å². The summed E-state index contributed by atoms with van der Waals surface area (Å²) in [4.78, 5) is 0. The highest BCUT2D eigenvalue weighted by Gasteiger charge is 2.27. The molecule has 0 saturated carbocycles. The quantitative estimate of drug-likeness (QED) is 0.932. The Labute approximate surface area is 118 Å². The average molecular weight is 275 g/mol. The van der Waals surface area contributed by atoms with E-state index in [0.717, 1.165) is 11.1 Å². The maximum Gasteiger partial charge on any atom is 0.127 e. The number of rotatable bonds is 4. The first-order valence-electron chi connectivity index (χ1n) is 6.26. The van der Waals surface area contributed by atoms with Crippen LogP contribution >= 0.6 is 0 Å². The lowest BCUT2D eigenvalue weighted by atomic mass is 9.85. The minimum atomic E-state index is -0.786. The van der Waals surface area contributed by atoms with Crippen molar-refractivity contribution >= 4 is 0 Å². The van der Waals surface area contributed by atoms with Gasteiger partial charge in [-0.1, -0.05) is 12.1 Å². The maximum absolute atomic E-state index is 13.0. The van der Waals surface area contributed by atoms with Crippen LogP contribution < -0.4 is 15.2 Å². The van der Waals surface area contributed by atoms with E-state index in [4.69, 9.17) is 15.2 Å². The summed E-state index contributed by atoms with van der Waals surface area (Å²) >= 11 is 0. The van der Waals surface area contributed by atoms with Crippen molar-refractivity contribution < 1.29 is 13.9 Å². The molecule has 0 aliphatic carbocycles. The second kappa shape index (κ2) is 5.51. The van der Waals surface area contributed by atoms with E-state index >= 15 is 0 Å². The topological polar surface area (TPSA) is 44.5 Å². The number of halogens is 1. The number of hydrogen-bond acceptors (Lipinski definition) is 3. The van der Waals surface area contributed by atoms with E-state index in [-0.39, 0.29) is 5.82 Å². The lowest BCUT2D eigenvalue weighted by molar-refractivity contribution is 0.384. The van der Waals surface area contributed by atoms with Gasteiger partial charge in [0.05, 0.1) is 19.8 Å². The smallest absolute Gasteiger partial charge is 0.127 e. The minimum absolute atomic E-state index is 0.286. The predicted molar refractivity (Wildman–Crippen MR) is 76.6 cm³/mol. The minimum Gasteiger partial charge on any atom is -0.497 e. The summed E-state index contributed by atoms with van der Waals surface area (Å²) in [5.41, 5.74) is 7.27. The normalized spacial score (nSPS) is 13.7. The molecule has 0 aliphatic heterocycles. The largest absolute Gasteiger partial charge is 0.497 e. The van der Waals surface area contributed by atoms with Crippen LogP contribution in [0, 0.1) is 5.82 Å². The van der Waals surface area contributed by atoms with Crippen molar-refractivity contribution in [3.05, 3.63) is 59.4 Å². The molecule has 0 heterocycles. The molecule has 0 amide bonds. The number of nitrogens with two attached hydrogens (primary N) is 1. The molecule has 0 aromatic heterocycles. The van der Waals surface area contributed by atoms with Crippen molar-refractivity contribution in [1.82, 2.24) is 0 Å². The van der Waals surface area contributed by atoms with Crippen LogP contribution in [0.5, 0.6) is 11.5 Å². The Morgan fingerprint density at radius 3 is 2.20 bits per heavy atom. The molecule has 20 heavy (non-hydrogen) atoms. The molecule has 106 valence electrons. The van der Waals surface area contributed by atoms with Gasteiger partial charge < -0.3 is 15.2 Å². The third-order valence-electron chi connectivity index (χ3n) is 3.41. The molecule has 4 heteroatoms. The monoisotopic (exact) mass is 275 g/mol. The van der Waals surface area contributed by atoms with Gasteiger partial charge in [0, 0.05) is 11.6 Å². The third-order valence-corrected chi connectivity index (χ3v) is 3.41. The molecule has 2 N–H and O–H groups in total. The second-order valence-electron chi connectivity index (χ2n) is 4.78. The Hall–Kier alpha value is -2.07. The summed E-state index contributed by atoms with van der Waals surface area (Å²) in [6.07, 6.45) is 0. The summed E-state index contributed by atoms with van der Waals surface area (Å²) in [7, 11) is 3.18. The zero-order valence-electron chi connectivity index (χ0n) is 11.8. The summed E-state index contributed by atoms with van der Waals surface area (Å²) in [5.74, 6) is 1.05. The highest BCUT2D eigenvalue weighted by molar-refractivity contribution is 5.49. The molecule has 2 aromatic rings. The van der Waals surface area contributed by atoms with Crippen molar-refractivity contribution in [2.24, 2.45) is 5.73 Å². The summed E-state index contributed by atoms with van der Waals surface area (Å²) in [5, 5.41) is 0. The van der Waals surface area contributed by atoms with Gasteiger partial charge in [0.1, 0.15) is 17.3 Å². The molecule has 0 aliphatic rings. The number of methoxy groups -OCH3 is 2. The van der Waals surface area contributed by atoms with Crippen molar-refractivity contribution in [3.8, 4) is 11.5 Å². The van der Waals surface area contributed by atoms with Gasteiger partial charge in [-0.15, -0.1) is 0 Å². The zero-order chi connectivity index (χ0) is 14.8. The maximum atomic E-state index is 13.0. The summed E-state index contributed by atoms with van der Waals surface area (Å²) in [6.45, 7) is 1.87. The zero-order valence-corrected chi connectivity index (χ0v) is 11.8. The molecule has 0 saturated heterocycles. The van der Waals surface area contributed by atoms with Crippen LogP contribution in [-0.2, 0) is 5.54 Å². The molecule has 1 unspecified atom stereocenters. The molecular weight excluding hydrogens is 257 g/mol. The summed E-state index contributed by atoms with van der Waals surface area (Å²) < 4.78 is 23.6. The lowest BCUT2D eigenvalue weighted by Gasteiger charge is -2.28. The first kappa shape index (κ1) is 14.3. The second-order valence-corrected chi connectivity index (χ2v) is 4.78. The van der Waals surface area contributed by atoms with Gasteiger partial charge in [0.15, 0.2) is 0 Å². The van der Waals surface area contributed by atoms with Crippen molar-refractivity contribution in [1.29, 1.82) is 0 Å². The molecule has 0 radical (unpaired) electrons. The van der Waals surface area contributed by atoms with Gasteiger partial charge in [-0.2, -0.15) is 0 Å². The van der Waals surface area contributed by atoms with Crippen LogP contribution in [-0.4, -0.2) is 14.2 Å². The molecule has 2 rings (SSSR count). The Bertz CT molecular complexity index is 594. The standard InChI is InChI=1S/C16H18FNO2/c1-16(18,11-4-6-12(17)7-5-11)14-9-8-13(19-2)10-15(14)20-3/h4-10H,18H2,1-3H3. The van der Waals surface area contributed by atoms with E-state index < -0.39 is 5.54 Å². The summed E-state index contributed by atoms with van der Waals surface area (Å²) in [6, 6.07) is 11.6. The Morgan fingerprint density at radius 2 is 1.65 bits per heavy atom. The van der Waals surface area contributed by atoms with Crippen molar-refractivity contribution in [3.63, 3.8) is 0 Å². The SMILES string of the molecule is COc1ccc(C(C)(N)c2ccc(F)cc2)c(OC)c1. The van der Waals surface area contributed by atoms with E-state index in [1.165, 1.54) is 12.1 Å². The molecule has 0 fully saturated rings. The van der Waals surface area contributed by atoms with Gasteiger partial charge in [-0.25, -0.2) is 4.39 Å². The predicted octanol–water partition coefficient (Wildman–Crippen LogP) is 3.07. The molecule has 2 aromatic carbocycles. The molecular formula is C16H18FNO2. The highest BCUT2D eigenvalue weighted by atomic mass is 19.1. The number of benzene rings is 2. The fraction of sp³-hybridized carbons (Fsp3) is 0.250. The van der Waals surface area contributed by atoms with E-state index in [2.05, 4.69) is 0 Å². The van der Waals surface area contributed by atoms with Crippen LogP contribution in [0.3, 0.4) is 0 Å². The van der Waals surface area contributed by atoms with E-state index in [1.807, 2.05) is 19.1 Å². The van der Waals surface area contributed by atoms with Crippen molar-refractivity contribution in [2.75, 3.05) is 14.2 Å². The first-order valence-corrected chi connectivity index (χ1v) is 6.26. The van der Waals surface area contributed by atoms with Crippen LogP contribution in [0.1, 0.15) is 18.1 Å². The van der Waals surface area contributed by atoms with Crippen molar-refractivity contribution in [2.45, 2.75) is 12.5 Å². The molecule has 0 bridgehead atoms. The van der Waals surface area contributed by atoms with E-state index in [9.17, 15) is 4.39 Å². The van der Waals surface area contributed by atoms with Crippen LogP contribution in [0.4, 0.5) is 4.39 Å². The lowest BCUT2D eigenvalue weighted by Crippen LogP contribution is -2.34. The average Bonchev–Trinajstić information content (AvgIpc) is 2.46. The van der Waals surface area contributed by atoms with Crippen LogP contribution in [0.15, 0.2) is 42.5 Å². The fourth-order valence-corrected chi connectivity index (χ4v) is 2.18. The van der Waals surface area contributed by atoms with Gasteiger partial charge in [0.25, 0.3) is 0 Å². The molecule has 0 spiro atoms. The molecule has 1 atom stereocenters. The van der Waals surface area contributed by atoms with Gasteiger partial charge in [0.2, 0.25) is 0 Å². The molecule has 3 nitrogen and oxygen atoms in total. The highest BCUT2D eigenvalue weighted by Crippen LogP contribution is 2.35. The van der Waals surface area contributed by atoms with Crippen LogP contribution in [0.25, 0.3) is 0 Å². The van der Waals surface area contributed by atoms with E-state index in [0.29, 0.717) is 11.5 Å². The van der Waals surface area contributed by atoms with Gasteiger partial charge in [-0.3, -0.25) is 0 Å². The van der Waals surface area contributed by atoms with Crippen LogP contribution in [0.2, 0.25) is 0 Å². The third kappa shape index (κ3) is 2.60. The number of ether oxygens (including phenoxy) is 2. The van der Waals surface area contributed by atoms with Gasteiger partial charge in [-0.05, 0) is 36.8 Å². The number of hydrogen-bond donors (Lipinski definition) is 1. The fourth-order valence-electron chi connectivity index (χ4n) is 2.18. The Balaban J connectivity index is 2.50.